The molecule has 1 saturated carbocycles. The average molecular weight is 297 g/mol. The first-order valence-corrected chi connectivity index (χ1v) is 7.62. The fraction of sp³-hybridized carbons (Fsp3) is 0.333. The van der Waals surface area contributed by atoms with Gasteiger partial charge in [-0.1, -0.05) is 49.4 Å². The summed E-state index contributed by atoms with van der Waals surface area (Å²) in [5.41, 5.74) is 1.18. The third-order valence-electron chi connectivity index (χ3n) is 4.37. The van der Waals surface area contributed by atoms with Gasteiger partial charge < -0.3 is 10.4 Å². The van der Waals surface area contributed by atoms with Gasteiger partial charge in [-0.05, 0) is 35.1 Å². The van der Waals surface area contributed by atoms with Gasteiger partial charge in [0.1, 0.15) is 6.04 Å². The van der Waals surface area contributed by atoms with Crippen molar-refractivity contribution < 1.29 is 14.7 Å². The van der Waals surface area contributed by atoms with E-state index in [1.54, 1.807) is 6.92 Å². The van der Waals surface area contributed by atoms with Crippen molar-refractivity contribution in [3.63, 3.8) is 0 Å². The second-order valence-corrected chi connectivity index (χ2v) is 5.82. The summed E-state index contributed by atoms with van der Waals surface area (Å²) < 4.78 is 0. The third-order valence-corrected chi connectivity index (χ3v) is 4.37. The van der Waals surface area contributed by atoms with E-state index in [0.717, 1.165) is 6.42 Å². The van der Waals surface area contributed by atoms with Crippen LogP contribution in [0.1, 0.15) is 31.2 Å². The molecule has 3 atom stereocenters. The highest BCUT2D eigenvalue weighted by molar-refractivity contribution is 5.91. The molecular weight excluding hydrogens is 278 g/mol. The quantitative estimate of drug-likeness (QED) is 0.891. The Labute approximate surface area is 129 Å². The van der Waals surface area contributed by atoms with Crippen LogP contribution in [0.5, 0.6) is 0 Å². The van der Waals surface area contributed by atoms with Crippen LogP contribution in [0.3, 0.4) is 0 Å². The van der Waals surface area contributed by atoms with E-state index in [1.807, 2.05) is 18.2 Å². The predicted molar refractivity (Wildman–Crippen MR) is 84.7 cm³/mol. The van der Waals surface area contributed by atoms with Gasteiger partial charge >= 0.3 is 5.97 Å². The monoisotopic (exact) mass is 297 g/mol. The van der Waals surface area contributed by atoms with Gasteiger partial charge in [0.05, 0.1) is 0 Å². The summed E-state index contributed by atoms with van der Waals surface area (Å²) in [6.07, 6.45) is 1.18. The molecule has 114 valence electrons. The Balaban J connectivity index is 1.76. The van der Waals surface area contributed by atoms with Crippen LogP contribution in [-0.2, 0) is 9.59 Å². The zero-order chi connectivity index (χ0) is 15.7. The minimum Gasteiger partial charge on any atom is -0.480 e. The van der Waals surface area contributed by atoms with E-state index in [1.165, 1.54) is 16.3 Å². The summed E-state index contributed by atoms with van der Waals surface area (Å²) >= 11 is 0. The highest BCUT2D eigenvalue weighted by Crippen LogP contribution is 2.49. The molecule has 0 radical (unpaired) electrons. The van der Waals surface area contributed by atoms with E-state index < -0.39 is 12.0 Å². The third kappa shape index (κ3) is 2.69. The molecule has 0 heterocycles. The summed E-state index contributed by atoms with van der Waals surface area (Å²) in [5, 5.41) is 14.0. The van der Waals surface area contributed by atoms with Crippen LogP contribution in [0.2, 0.25) is 0 Å². The number of carboxylic acid groups (broad SMARTS) is 1. The average Bonchev–Trinajstić information content (AvgIpc) is 3.32. The van der Waals surface area contributed by atoms with Gasteiger partial charge in [-0.25, -0.2) is 4.79 Å². The van der Waals surface area contributed by atoms with Crippen molar-refractivity contribution in [1.29, 1.82) is 0 Å². The van der Waals surface area contributed by atoms with Crippen molar-refractivity contribution in [1.82, 2.24) is 5.32 Å². The molecule has 2 aromatic rings. The lowest BCUT2D eigenvalue weighted by atomic mass is 10.00. The van der Waals surface area contributed by atoms with Crippen molar-refractivity contribution >= 4 is 22.6 Å². The maximum absolute atomic E-state index is 12.2. The number of nitrogens with one attached hydrogen (secondary N) is 1. The molecular formula is C18H19NO3. The number of fused-ring (bicyclic) bond motifs is 1. The molecule has 0 spiro atoms. The number of amides is 1. The van der Waals surface area contributed by atoms with Crippen LogP contribution in [0.15, 0.2) is 42.5 Å². The SMILES string of the molecule is CCC(NC(=O)C1CC1c1cccc2ccccc12)C(=O)O. The van der Waals surface area contributed by atoms with Gasteiger partial charge in [0.15, 0.2) is 0 Å². The highest BCUT2D eigenvalue weighted by atomic mass is 16.4. The van der Waals surface area contributed by atoms with Crippen molar-refractivity contribution in [2.45, 2.75) is 31.7 Å². The summed E-state index contributed by atoms with van der Waals surface area (Å²) in [5.74, 6) is -1.04. The number of carboxylic acids is 1. The summed E-state index contributed by atoms with van der Waals surface area (Å²) in [6, 6.07) is 13.5. The van der Waals surface area contributed by atoms with Crippen LogP contribution in [0, 0.1) is 5.92 Å². The van der Waals surface area contributed by atoms with Gasteiger partial charge in [-0.2, -0.15) is 0 Å². The van der Waals surface area contributed by atoms with Gasteiger partial charge in [0.25, 0.3) is 0 Å². The first-order valence-electron chi connectivity index (χ1n) is 7.62. The number of rotatable bonds is 5. The van der Waals surface area contributed by atoms with E-state index >= 15 is 0 Å². The van der Waals surface area contributed by atoms with E-state index in [0.29, 0.717) is 6.42 Å². The maximum Gasteiger partial charge on any atom is 0.326 e. The molecule has 1 amide bonds. The Morgan fingerprint density at radius 1 is 1.23 bits per heavy atom. The van der Waals surface area contributed by atoms with Crippen LogP contribution in [0.4, 0.5) is 0 Å². The minimum atomic E-state index is -0.974. The van der Waals surface area contributed by atoms with Crippen molar-refractivity contribution in [2.24, 2.45) is 5.92 Å². The Hall–Kier alpha value is -2.36. The lowest BCUT2D eigenvalue weighted by Crippen LogP contribution is -2.41. The number of carbonyl (C=O) groups is 2. The fourth-order valence-electron chi connectivity index (χ4n) is 3.02. The molecule has 3 unspecified atom stereocenters. The number of aliphatic carboxylic acids is 1. The van der Waals surface area contributed by atoms with Crippen LogP contribution in [0.25, 0.3) is 10.8 Å². The van der Waals surface area contributed by atoms with Gasteiger partial charge in [0, 0.05) is 5.92 Å². The fourth-order valence-corrected chi connectivity index (χ4v) is 3.02. The molecule has 3 rings (SSSR count). The first kappa shape index (κ1) is 14.6. The second kappa shape index (κ2) is 5.79. The standard InChI is InChI=1S/C18H19NO3/c1-2-16(18(21)22)19-17(20)15-10-14(15)13-9-5-7-11-6-3-4-8-12(11)13/h3-9,14-16H,2,10H2,1H3,(H,19,20)(H,21,22). The number of carbonyl (C=O) groups excluding carboxylic acids is 1. The molecule has 1 aliphatic rings. The molecule has 0 bridgehead atoms. The molecule has 1 fully saturated rings. The summed E-state index contributed by atoms with van der Waals surface area (Å²) in [7, 11) is 0. The van der Waals surface area contributed by atoms with E-state index in [-0.39, 0.29) is 17.7 Å². The molecule has 22 heavy (non-hydrogen) atoms. The lowest BCUT2D eigenvalue weighted by molar-refractivity contribution is -0.142. The normalized spacial score (nSPS) is 21.3. The van der Waals surface area contributed by atoms with Gasteiger partial charge in [-0.15, -0.1) is 0 Å². The van der Waals surface area contributed by atoms with E-state index in [4.69, 9.17) is 5.11 Å². The molecule has 4 nitrogen and oxygen atoms in total. The smallest absolute Gasteiger partial charge is 0.326 e. The molecule has 0 aliphatic heterocycles. The number of benzene rings is 2. The van der Waals surface area contributed by atoms with E-state index in [2.05, 4.69) is 29.6 Å². The zero-order valence-corrected chi connectivity index (χ0v) is 12.5. The summed E-state index contributed by atoms with van der Waals surface area (Å²) in [4.78, 5) is 23.2. The second-order valence-electron chi connectivity index (χ2n) is 5.82. The van der Waals surface area contributed by atoms with Crippen LogP contribution < -0.4 is 5.32 Å². The van der Waals surface area contributed by atoms with Crippen molar-refractivity contribution in [2.75, 3.05) is 0 Å². The Morgan fingerprint density at radius 2 is 1.95 bits per heavy atom. The highest BCUT2D eigenvalue weighted by Gasteiger charge is 2.45. The summed E-state index contributed by atoms with van der Waals surface area (Å²) in [6.45, 7) is 1.76. The topological polar surface area (TPSA) is 66.4 Å². The predicted octanol–water partition coefficient (Wildman–Crippen LogP) is 2.92. The Bertz CT molecular complexity index is 720. The molecule has 0 saturated heterocycles. The van der Waals surface area contributed by atoms with Crippen molar-refractivity contribution in [3.8, 4) is 0 Å². The van der Waals surface area contributed by atoms with E-state index in [9.17, 15) is 9.59 Å². The Morgan fingerprint density at radius 3 is 2.68 bits per heavy atom. The molecule has 4 heteroatoms. The van der Waals surface area contributed by atoms with Gasteiger partial charge in [-0.3, -0.25) is 4.79 Å². The number of hydrogen-bond acceptors (Lipinski definition) is 2. The van der Waals surface area contributed by atoms with Crippen LogP contribution in [-0.4, -0.2) is 23.0 Å². The largest absolute Gasteiger partial charge is 0.480 e. The number of hydrogen-bond donors (Lipinski definition) is 2. The lowest BCUT2D eigenvalue weighted by Gasteiger charge is -2.12. The van der Waals surface area contributed by atoms with Crippen molar-refractivity contribution in [3.05, 3.63) is 48.0 Å². The molecule has 2 aromatic carbocycles. The molecule has 0 aromatic heterocycles. The maximum atomic E-state index is 12.2. The zero-order valence-electron chi connectivity index (χ0n) is 12.5. The molecule has 1 aliphatic carbocycles. The molecule has 2 N–H and O–H groups in total. The van der Waals surface area contributed by atoms with Gasteiger partial charge in [0.2, 0.25) is 5.91 Å². The minimum absolute atomic E-state index is 0.112. The Kier molecular flexibility index (Phi) is 3.84. The van der Waals surface area contributed by atoms with Crippen LogP contribution >= 0.6 is 0 Å². The first-order chi connectivity index (χ1) is 10.6.